The number of pyridine rings is 1. The SMILES string of the molecule is Cc1ccc2c(c1-c1cccc[n+]1C)OC1(CCCCC1)CC2. The molecule has 2 heterocycles. The van der Waals surface area contributed by atoms with E-state index < -0.39 is 0 Å². The Morgan fingerprint density at radius 1 is 1.00 bits per heavy atom. The molecule has 0 bridgehead atoms. The number of aryl methyl sites for hydroxylation is 3. The van der Waals surface area contributed by atoms with Crippen molar-refractivity contribution < 1.29 is 9.30 Å². The average Bonchev–Trinajstić information content (AvgIpc) is 2.57. The van der Waals surface area contributed by atoms with Crippen molar-refractivity contribution in [3.05, 3.63) is 47.7 Å². The van der Waals surface area contributed by atoms with Gasteiger partial charge in [0.1, 0.15) is 18.4 Å². The summed E-state index contributed by atoms with van der Waals surface area (Å²) in [6, 6.07) is 10.9. The lowest BCUT2D eigenvalue weighted by Gasteiger charge is -2.42. The van der Waals surface area contributed by atoms with Crippen molar-refractivity contribution in [2.45, 2.75) is 57.5 Å². The zero-order valence-corrected chi connectivity index (χ0v) is 14.3. The van der Waals surface area contributed by atoms with Crippen LogP contribution in [-0.4, -0.2) is 5.60 Å². The molecular weight excluding hydrogens is 282 g/mol. The van der Waals surface area contributed by atoms with E-state index in [9.17, 15) is 0 Å². The van der Waals surface area contributed by atoms with Crippen LogP contribution in [-0.2, 0) is 13.5 Å². The van der Waals surface area contributed by atoms with Gasteiger partial charge in [-0.25, -0.2) is 4.57 Å². The summed E-state index contributed by atoms with van der Waals surface area (Å²) in [6.07, 6.45) is 10.9. The first-order chi connectivity index (χ1) is 11.2. The molecule has 2 aliphatic rings. The highest BCUT2D eigenvalue weighted by molar-refractivity contribution is 5.71. The van der Waals surface area contributed by atoms with Gasteiger partial charge >= 0.3 is 0 Å². The average molecular weight is 308 g/mol. The lowest BCUT2D eigenvalue weighted by atomic mass is 9.78. The maximum absolute atomic E-state index is 6.77. The number of rotatable bonds is 1. The Hall–Kier alpha value is -1.83. The van der Waals surface area contributed by atoms with Crippen molar-refractivity contribution in [1.82, 2.24) is 0 Å². The second-order valence-electron chi connectivity index (χ2n) is 7.29. The molecule has 0 N–H and O–H groups in total. The van der Waals surface area contributed by atoms with E-state index in [1.165, 1.54) is 60.9 Å². The third kappa shape index (κ3) is 2.54. The van der Waals surface area contributed by atoms with Crippen molar-refractivity contribution in [3.63, 3.8) is 0 Å². The molecule has 1 aromatic carbocycles. The van der Waals surface area contributed by atoms with Gasteiger partial charge in [-0.2, -0.15) is 0 Å². The number of benzene rings is 1. The van der Waals surface area contributed by atoms with E-state index in [1.54, 1.807) is 0 Å². The van der Waals surface area contributed by atoms with Crippen LogP contribution in [0.15, 0.2) is 36.5 Å². The molecule has 1 aliphatic carbocycles. The van der Waals surface area contributed by atoms with Gasteiger partial charge in [0.25, 0.3) is 0 Å². The molecule has 0 radical (unpaired) electrons. The molecule has 0 saturated heterocycles. The molecule has 2 heteroatoms. The second-order valence-corrected chi connectivity index (χ2v) is 7.29. The molecular formula is C21H26NO+. The Balaban J connectivity index is 1.84. The Kier molecular flexibility index (Phi) is 3.63. The summed E-state index contributed by atoms with van der Waals surface area (Å²) in [6.45, 7) is 2.20. The Morgan fingerprint density at radius 3 is 2.61 bits per heavy atom. The van der Waals surface area contributed by atoms with Gasteiger partial charge < -0.3 is 4.74 Å². The van der Waals surface area contributed by atoms with E-state index in [4.69, 9.17) is 4.74 Å². The zero-order chi connectivity index (χ0) is 15.9. The van der Waals surface area contributed by atoms with Crippen LogP contribution in [0.2, 0.25) is 0 Å². The third-order valence-corrected chi connectivity index (χ3v) is 5.69. The first-order valence-electron chi connectivity index (χ1n) is 8.95. The highest BCUT2D eigenvalue weighted by Crippen LogP contribution is 2.46. The summed E-state index contributed by atoms with van der Waals surface area (Å²) in [5, 5.41) is 0. The van der Waals surface area contributed by atoms with Gasteiger partial charge in [-0.05, 0) is 62.6 Å². The molecule has 1 aromatic heterocycles. The monoisotopic (exact) mass is 308 g/mol. The number of ether oxygens (including phenoxy) is 1. The fraction of sp³-hybridized carbons (Fsp3) is 0.476. The van der Waals surface area contributed by atoms with E-state index in [0.717, 1.165) is 12.2 Å². The molecule has 120 valence electrons. The van der Waals surface area contributed by atoms with Crippen LogP contribution < -0.4 is 9.30 Å². The first kappa shape index (κ1) is 14.7. The predicted molar refractivity (Wildman–Crippen MR) is 92.6 cm³/mol. The van der Waals surface area contributed by atoms with Crippen molar-refractivity contribution in [1.29, 1.82) is 0 Å². The highest BCUT2D eigenvalue weighted by Gasteiger charge is 2.39. The van der Waals surface area contributed by atoms with Crippen LogP contribution in [0.5, 0.6) is 5.75 Å². The van der Waals surface area contributed by atoms with Crippen LogP contribution in [0.25, 0.3) is 11.3 Å². The van der Waals surface area contributed by atoms with Crippen molar-refractivity contribution in [2.24, 2.45) is 7.05 Å². The molecule has 2 aromatic rings. The van der Waals surface area contributed by atoms with Crippen LogP contribution in [0.3, 0.4) is 0 Å². The largest absolute Gasteiger partial charge is 0.486 e. The maximum atomic E-state index is 6.77. The van der Waals surface area contributed by atoms with E-state index in [2.05, 4.69) is 55.1 Å². The summed E-state index contributed by atoms with van der Waals surface area (Å²) >= 11 is 0. The molecule has 0 unspecified atom stereocenters. The van der Waals surface area contributed by atoms with E-state index in [1.807, 2.05) is 0 Å². The number of hydrogen-bond acceptors (Lipinski definition) is 1. The fourth-order valence-corrected chi connectivity index (χ4v) is 4.32. The number of hydrogen-bond donors (Lipinski definition) is 0. The van der Waals surface area contributed by atoms with Gasteiger partial charge in [-0.3, -0.25) is 0 Å². The van der Waals surface area contributed by atoms with Crippen molar-refractivity contribution in [2.75, 3.05) is 0 Å². The number of aromatic nitrogens is 1. The Bertz CT molecular complexity index is 729. The summed E-state index contributed by atoms with van der Waals surface area (Å²) < 4.78 is 8.97. The minimum Gasteiger partial charge on any atom is -0.486 e. The van der Waals surface area contributed by atoms with Gasteiger partial charge in [0.05, 0.1) is 5.56 Å². The zero-order valence-electron chi connectivity index (χ0n) is 14.3. The minimum atomic E-state index is 0.0984. The summed E-state index contributed by atoms with van der Waals surface area (Å²) in [5.41, 5.74) is 5.32. The summed E-state index contributed by atoms with van der Waals surface area (Å²) in [4.78, 5) is 0. The lowest BCUT2D eigenvalue weighted by molar-refractivity contribution is -0.660. The Labute approximate surface area is 139 Å². The molecule has 0 atom stereocenters. The lowest BCUT2D eigenvalue weighted by Crippen LogP contribution is -2.42. The normalized spacial score (nSPS) is 19.2. The first-order valence-corrected chi connectivity index (χ1v) is 8.95. The topological polar surface area (TPSA) is 13.1 Å². The van der Waals surface area contributed by atoms with Crippen molar-refractivity contribution in [3.8, 4) is 17.0 Å². The minimum absolute atomic E-state index is 0.0984. The molecule has 2 nitrogen and oxygen atoms in total. The number of nitrogens with zero attached hydrogens (tertiary/aromatic N) is 1. The third-order valence-electron chi connectivity index (χ3n) is 5.69. The Morgan fingerprint density at radius 2 is 1.83 bits per heavy atom. The molecule has 1 spiro atoms. The van der Waals surface area contributed by atoms with Gasteiger partial charge in [-0.15, -0.1) is 0 Å². The second kappa shape index (κ2) is 5.67. The van der Waals surface area contributed by atoms with Gasteiger partial charge in [0.2, 0.25) is 5.69 Å². The van der Waals surface area contributed by atoms with Crippen LogP contribution in [0, 0.1) is 6.92 Å². The smallest absolute Gasteiger partial charge is 0.216 e. The van der Waals surface area contributed by atoms with Crippen LogP contribution >= 0.6 is 0 Å². The summed E-state index contributed by atoms with van der Waals surface area (Å²) in [5.74, 6) is 1.15. The molecule has 4 rings (SSSR count). The molecule has 0 amide bonds. The van der Waals surface area contributed by atoms with Gasteiger partial charge in [0.15, 0.2) is 6.20 Å². The highest BCUT2D eigenvalue weighted by atomic mass is 16.5. The quantitative estimate of drug-likeness (QED) is 0.706. The maximum Gasteiger partial charge on any atom is 0.216 e. The van der Waals surface area contributed by atoms with Crippen molar-refractivity contribution >= 4 is 0 Å². The van der Waals surface area contributed by atoms with Gasteiger partial charge in [0, 0.05) is 12.1 Å². The van der Waals surface area contributed by atoms with E-state index >= 15 is 0 Å². The molecule has 1 aliphatic heterocycles. The molecule has 23 heavy (non-hydrogen) atoms. The fourth-order valence-electron chi connectivity index (χ4n) is 4.32. The van der Waals surface area contributed by atoms with E-state index in [-0.39, 0.29) is 5.60 Å². The van der Waals surface area contributed by atoms with E-state index in [0.29, 0.717) is 0 Å². The van der Waals surface area contributed by atoms with Gasteiger partial charge in [-0.1, -0.05) is 18.6 Å². The molecule has 1 saturated carbocycles. The number of fused-ring (bicyclic) bond motifs is 1. The van der Waals surface area contributed by atoms with Crippen LogP contribution in [0.4, 0.5) is 0 Å². The predicted octanol–water partition coefficient (Wildman–Crippen LogP) is 4.51. The summed E-state index contributed by atoms with van der Waals surface area (Å²) in [7, 11) is 2.12. The standard InChI is InChI=1S/C21H26NO/c1-16-9-10-17-11-14-21(12-5-3-6-13-21)23-20(17)19(16)18-8-4-7-15-22(18)2/h4,7-10,15H,3,5-6,11-14H2,1-2H3/q+1. The van der Waals surface area contributed by atoms with Crippen LogP contribution in [0.1, 0.15) is 49.7 Å². The molecule has 1 fully saturated rings.